The zero-order valence-electron chi connectivity index (χ0n) is 17.7. The summed E-state index contributed by atoms with van der Waals surface area (Å²) < 4.78 is 7.68. The smallest absolute Gasteiger partial charge is 0.191 e. The number of nitrogens with zero attached hydrogens (tertiary/aromatic N) is 3. The van der Waals surface area contributed by atoms with E-state index in [4.69, 9.17) is 4.74 Å². The van der Waals surface area contributed by atoms with Crippen LogP contribution in [0.15, 0.2) is 35.3 Å². The number of nitrogens with one attached hydrogen (secondary N) is 2. The maximum atomic E-state index is 5.63. The van der Waals surface area contributed by atoms with Crippen molar-refractivity contribution in [3.05, 3.63) is 52.8 Å². The molecule has 2 aromatic rings. The van der Waals surface area contributed by atoms with Gasteiger partial charge in [0.15, 0.2) is 5.96 Å². The number of ether oxygens (including phenoxy) is 1. The number of halogens is 1. The van der Waals surface area contributed by atoms with Crippen LogP contribution in [0.2, 0.25) is 0 Å². The number of guanidine groups is 1. The second-order valence-electron chi connectivity index (χ2n) is 7.03. The third-order valence-electron chi connectivity index (χ3n) is 4.23. The highest BCUT2D eigenvalue weighted by Gasteiger charge is 2.02. The Labute approximate surface area is 186 Å². The highest BCUT2D eigenvalue weighted by molar-refractivity contribution is 14.0. The zero-order valence-corrected chi connectivity index (χ0v) is 20.0. The minimum atomic E-state index is 0. The summed E-state index contributed by atoms with van der Waals surface area (Å²) in [6.45, 7) is 11.4. The van der Waals surface area contributed by atoms with Crippen molar-refractivity contribution in [3.63, 3.8) is 0 Å². The molecule has 0 unspecified atom stereocenters. The molecule has 0 aliphatic rings. The summed E-state index contributed by atoms with van der Waals surface area (Å²) in [5, 5.41) is 11.2. The van der Waals surface area contributed by atoms with Crippen LogP contribution in [0.5, 0.6) is 0 Å². The van der Waals surface area contributed by atoms with E-state index in [-0.39, 0.29) is 30.1 Å². The molecular weight excluding hydrogens is 465 g/mol. The number of benzene rings is 1. The van der Waals surface area contributed by atoms with Gasteiger partial charge in [-0.25, -0.2) is 0 Å². The lowest BCUT2D eigenvalue weighted by Crippen LogP contribution is -2.37. The van der Waals surface area contributed by atoms with E-state index < -0.39 is 0 Å². The molecule has 0 saturated carbocycles. The number of aliphatic imine (C=N–C) groups is 1. The maximum absolute atomic E-state index is 5.63. The van der Waals surface area contributed by atoms with Gasteiger partial charge in [-0.3, -0.25) is 9.67 Å². The average molecular weight is 499 g/mol. The molecule has 0 spiro atoms. The first-order chi connectivity index (χ1) is 13.0. The van der Waals surface area contributed by atoms with Crippen LogP contribution in [0.4, 0.5) is 0 Å². The van der Waals surface area contributed by atoms with E-state index in [0.717, 1.165) is 37.7 Å². The van der Waals surface area contributed by atoms with Gasteiger partial charge in [-0.1, -0.05) is 24.3 Å². The molecule has 0 amide bonds. The lowest BCUT2D eigenvalue weighted by molar-refractivity contribution is 0.0657. The maximum Gasteiger partial charge on any atom is 0.191 e. The van der Waals surface area contributed by atoms with E-state index in [1.54, 1.807) is 7.05 Å². The number of hydrogen-bond acceptors (Lipinski definition) is 3. The monoisotopic (exact) mass is 499 g/mol. The molecule has 6 nitrogen and oxygen atoms in total. The molecule has 0 saturated heterocycles. The minimum absolute atomic E-state index is 0. The molecule has 2 N–H and O–H groups in total. The van der Waals surface area contributed by atoms with E-state index in [2.05, 4.69) is 62.7 Å². The fraction of sp³-hybridized carbons (Fsp3) is 0.524. The quantitative estimate of drug-likeness (QED) is 0.239. The molecule has 0 atom stereocenters. The molecule has 28 heavy (non-hydrogen) atoms. The Bertz CT molecular complexity index is 725. The normalized spacial score (nSPS) is 11.4. The largest absolute Gasteiger partial charge is 0.374 e. The van der Waals surface area contributed by atoms with E-state index >= 15 is 0 Å². The van der Waals surface area contributed by atoms with Gasteiger partial charge < -0.3 is 15.4 Å². The fourth-order valence-electron chi connectivity index (χ4n) is 2.76. The summed E-state index contributed by atoms with van der Waals surface area (Å²) in [6.07, 6.45) is 1.25. The van der Waals surface area contributed by atoms with Crippen LogP contribution in [-0.2, 0) is 24.4 Å². The molecule has 0 bridgehead atoms. The first kappa shape index (κ1) is 24.4. The molecule has 7 heteroatoms. The highest BCUT2D eigenvalue weighted by atomic mass is 127. The van der Waals surface area contributed by atoms with Gasteiger partial charge in [-0.15, -0.1) is 24.0 Å². The van der Waals surface area contributed by atoms with Crippen molar-refractivity contribution in [1.29, 1.82) is 0 Å². The molecule has 156 valence electrons. The Hall–Kier alpha value is -1.61. The van der Waals surface area contributed by atoms with Crippen molar-refractivity contribution in [2.75, 3.05) is 13.6 Å². The topological polar surface area (TPSA) is 63.5 Å². The van der Waals surface area contributed by atoms with E-state index in [1.807, 2.05) is 20.8 Å². The van der Waals surface area contributed by atoms with Crippen LogP contribution in [0.3, 0.4) is 0 Å². The summed E-state index contributed by atoms with van der Waals surface area (Å²) in [4.78, 5) is 4.29. The Morgan fingerprint density at radius 3 is 2.39 bits per heavy atom. The van der Waals surface area contributed by atoms with Gasteiger partial charge in [0.1, 0.15) is 0 Å². The van der Waals surface area contributed by atoms with Crippen LogP contribution in [-0.4, -0.2) is 35.4 Å². The predicted octanol–water partition coefficient (Wildman–Crippen LogP) is 3.80. The van der Waals surface area contributed by atoms with Gasteiger partial charge in [0.25, 0.3) is 0 Å². The minimum Gasteiger partial charge on any atom is -0.374 e. The lowest BCUT2D eigenvalue weighted by atomic mass is 10.1. The summed E-state index contributed by atoms with van der Waals surface area (Å²) in [5.41, 5.74) is 4.69. The Balaban J connectivity index is 0.00000392. The van der Waals surface area contributed by atoms with E-state index in [9.17, 15) is 0 Å². The van der Waals surface area contributed by atoms with E-state index in [0.29, 0.717) is 6.61 Å². The van der Waals surface area contributed by atoms with Crippen LogP contribution < -0.4 is 10.6 Å². The summed E-state index contributed by atoms with van der Waals surface area (Å²) >= 11 is 0. The van der Waals surface area contributed by atoms with Crippen LogP contribution in [0.1, 0.15) is 42.8 Å². The lowest BCUT2D eigenvalue weighted by Gasteiger charge is -2.13. The summed E-state index contributed by atoms with van der Waals surface area (Å²) in [5.74, 6) is 0.815. The molecule has 0 aliphatic carbocycles. The average Bonchev–Trinajstić information content (AvgIpc) is 2.97. The van der Waals surface area contributed by atoms with Crippen molar-refractivity contribution >= 4 is 29.9 Å². The molecular formula is C21H34IN5O. The molecule has 0 aliphatic heterocycles. The van der Waals surface area contributed by atoms with Gasteiger partial charge in [0.05, 0.1) is 18.4 Å². The van der Waals surface area contributed by atoms with Gasteiger partial charge in [-0.05, 0) is 51.3 Å². The number of hydrogen-bond donors (Lipinski definition) is 2. The molecule has 0 fully saturated rings. The fourth-order valence-corrected chi connectivity index (χ4v) is 2.76. The van der Waals surface area contributed by atoms with Crippen molar-refractivity contribution in [2.24, 2.45) is 4.99 Å². The Morgan fingerprint density at radius 2 is 1.82 bits per heavy atom. The molecule has 1 aromatic carbocycles. The first-order valence-corrected chi connectivity index (χ1v) is 9.63. The summed E-state index contributed by atoms with van der Waals surface area (Å²) in [7, 11) is 1.79. The number of aromatic nitrogens is 2. The van der Waals surface area contributed by atoms with Gasteiger partial charge >= 0.3 is 0 Å². The van der Waals surface area contributed by atoms with Gasteiger partial charge in [0, 0.05) is 32.4 Å². The van der Waals surface area contributed by atoms with Gasteiger partial charge in [0.2, 0.25) is 0 Å². The molecule has 1 heterocycles. The second-order valence-corrected chi connectivity index (χ2v) is 7.03. The number of rotatable bonds is 9. The second kappa shape index (κ2) is 12.8. The summed E-state index contributed by atoms with van der Waals surface area (Å²) in [6, 6.07) is 10.6. The first-order valence-electron chi connectivity index (χ1n) is 9.63. The van der Waals surface area contributed by atoms with Crippen LogP contribution >= 0.6 is 24.0 Å². The SMILES string of the molecule is CN=C(NCCCn1nc(C)cc1C)NCc1ccc(COC(C)C)cc1.I. The molecule has 0 radical (unpaired) electrons. The van der Waals surface area contributed by atoms with Crippen molar-refractivity contribution in [1.82, 2.24) is 20.4 Å². The van der Waals surface area contributed by atoms with Crippen molar-refractivity contribution < 1.29 is 4.74 Å². The Kier molecular flexibility index (Phi) is 11.1. The van der Waals surface area contributed by atoms with Gasteiger partial charge in [-0.2, -0.15) is 5.10 Å². The van der Waals surface area contributed by atoms with Crippen LogP contribution in [0.25, 0.3) is 0 Å². The van der Waals surface area contributed by atoms with Crippen molar-refractivity contribution in [3.8, 4) is 0 Å². The highest BCUT2D eigenvalue weighted by Crippen LogP contribution is 2.07. The molecule has 1 aromatic heterocycles. The standard InChI is InChI=1S/C21H33N5O.HI/c1-16(2)27-15-20-9-7-19(8-10-20)14-24-21(22-5)23-11-6-12-26-18(4)13-17(3)25-26;/h7-10,13,16H,6,11-12,14-15H2,1-5H3,(H2,22,23,24);1H. The van der Waals surface area contributed by atoms with E-state index in [1.165, 1.54) is 16.8 Å². The Morgan fingerprint density at radius 1 is 1.14 bits per heavy atom. The zero-order chi connectivity index (χ0) is 19.6. The predicted molar refractivity (Wildman–Crippen MR) is 126 cm³/mol. The van der Waals surface area contributed by atoms with Crippen molar-refractivity contribution in [2.45, 2.75) is 59.9 Å². The van der Waals surface area contributed by atoms with Crippen LogP contribution in [0, 0.1) is 13.8 Å². The third kappa shape index (κ3) is 8.60. The molecule has 2 rings (SSSR count). The number of aryl methyl sites for hydroxylation is 3. The third-order valence-corrected chi connectivity index (χ3v) is 4.23.